The standard InChI is InChI=1S/C8H12N2/c1-9-10(2)8-6-4-3-5-7-8/h3-7,9H,1-2H3/i1D3. The number of rotatable bonds is 2. The first-order chi connectivity index (χ1) is 5.99. The summed E-state index contributed by atoms with van der Waals surface area (Å²) in [7, 11) is 1.67. The smallest absolute Gasteiger partial charge is 0.0516 e. The van der Waals surface area contributed by atoms with Crippen molar-refractivity contribution in [3.63, 3.8) is 0 Å². The highest BCUT2D eigenvalue weighted by Crippen LogP contribution is 2.07. The molecule has 0 spiro atoms. The minimum Gasteiger partial charge on any atom is -0.312 e. The van der Waals surface area contributed by atoms with E-state index in [0.29, 0.717) is 0 Å². The number of hydrazine groups is 1. The fraction of sp³-hybridized carbons (Fsp3) is 0.250. The van der Waals surface area contributed by atoms with E-state index in [9.17, 15) is 0 Å². The number of hydrogen-bond donors (Lipinski definition) is 1. The Hall–Kier alpha value is -1.02. The Morgan fingerprint density at radius 2 is 2.10 bits per heavy atom. The van der Waals surface area contributed by atoms with Gasteiger partial charge in [-0.3, -0.25) is 0 Å². The van der Waals surface area contributed by atoms with E-state index in [2.05, 4.69) is 5.43 Å². The number of benzene rings is 1. The summed E-state index contributed by atoms with van der Waals surface area (Å²) in [5.74, 6) is 0. The zero-order chi connectivity index (χ0) is 9.90. The highest BCUT2D eigenvalue weighted by Gasteiger charge is 1.92. The molecule has 0 bridgehead atoms. The van der Waals surface area contributed by atoms with E-state index in [1.54, 1.807) is 7.05 Å². The van der Waals surface area contributed by atoms with E-state index < -0.39 is 6.98 Å². The molecule has 0 aliphatic carbocycles. The Morgan fingerprint density at radius 1 is 1.40 bits per heavy atom. The Balaban J connectivity index is 2.64. The van der Waals surface area contributed by atoms with Crippen molar-refractivity contribution in [3.05, 3.63) is 30.3 Å². The molecule has 0 radical (unpaired) electrons. The van der Waals surface area contributed by atoms with Gasteiger partial charge < -0.3 is 5.01 Å². The van der Waals surface area contributed by atoms with E-state index in [4.69, 9.17) is 4.11 Å². The van der Waals surface area contributed by atoms with Crippen molar-refractivity contribution < 1.29 is 4.11 Å². The van der Waals surface area contributed by atoms with Crippen LogP contribution in [0.15, 0.2) is 30.3 Å². The second-order valence-electron chi connectivity index (χ2n) is 2.01. The summed E-state index contributed by atoms with van der Waals surface area (Å²) in [6.07, 6.45) is 0. The highest BCUT2D eigenvalue weighted by atomic mass is 15.5. The topological polar surface area (TPSA) is 15.3 Å². The van der Waals surface area contributed by atoms with Crippen molar-refractivity contribution in [1.29, 1.82) is 0 Å². The van der Waals surface area contributed by atoms with Crippen LogP contribution in [-0.2, 0) is 0 Å². The van der Waals surface area contributed by atoms with Crippen LogP contribution in [0.25, 0.3) is 0 Å². The zero-order valence-electron chi connectivity index (χ0n) is 8.83. The first kappa shape index (κ1) is 3.98. The predicted octanol–water partition coefficient (Wildman–Crippen LogP) is 1.26. The van der Waals surface area contributed by atoms with Gasteiger partial charge in [-0.15, -0.1) is 0 Å². The lowest BCUT2D eigenvalue weighted by Gasteiger charge is -2.16. The molecule has 0 saturated heterocycles. The molecular formula is C8H12N2. The van der Waals surface area contributed by atoms with Crippen LogP contribution in [0.5, 0.6) is 0 Å². The monoisotopic (exact) mass is 139 g/mol. The van der Waals surface area contributed by atoms with Crippen LogP contribution < -0.4 is 10.4 Å². The molecule has 2 nitrogen and oxygen atoms in total. The van der Waals surface area contributed by atoms with E-state index in [-0.39, 0.29) is 0 Å². The molecule has 0 aromatic heterocycles. The van der Waals surface area contributed by atoms with Crippen LogP contribution in [0.1, 0.15) is 4.11 Å². The van der Waals surface area contributed by atoms with Gasteiger partial charge in [-0.2, -0.15) is 0 Å². The maximum atomic E-state index is 6.99. The molecular weight excluding hydrogens is 124 g/mol. The van der Waals surface area contributed by atoms with Crippen molar-refractivity contribution in [2.24, 2.45) is 0 Å². The largest absolute Gasteiger partial charge is 0.312 e. The highest BCUT2D eigenvalue weighted by molar-refractivity contribution is 5.43. The van der Waals surface area contributed by atoms with Gasteiger partial charge in [-0.1, -0.05) is 18.2 Å². The molecule has 1 N–H and O–H groups in total. The molecule has 1 aromatic rings. The van der Waals surface area contributed by atoms with E-state index >= 15 is 0 Å². The van der Waals surface area contributed by atoms with Gasteiger partial charge in [0.05, 0.1) is 5.69 Å². The van der Waals surface area contributed by atoms with Crippen molar-refractivity contribution in [1.82, 2.24) is 5.43 Å². The van der Waals surface area contributed by atoms with Gasteiger partial charge >= 0.3 is 0 Å². The van der Waals surface area contributed by atoms with Gasteiger partial charge in [0, 0.05) is 18.1 Å². The summed E-state index contributed by atoms with van der Waals surface area (Å²) in [5.41, 5.74) is 3.19. The van der Waals surface area contributed by atoms with Crippen LogP contribution in [0, 0.1) is 0 Å². The Morgan fingerprint density at radius 3 is 2.70 bits per heavy atom. The molecule has 1 rings (SSSR count). The Kier molecular flexibility index (Phi) is 1.28. The van der Waals surface area contributed by atoms with Gasteiger partial charge in [-0.05, 0) is 12.1 Å². The van der Waals surface area contributed by atoms with Crippen LogP contribution in [0.4, 0.5) is 5.69 Å². The van der Waals surface area contributed by atoms with Gasteiger partial charge in [-0.25, -0.2) is 5.43 Å². The first-order valence-corrected chi connectivity index (χ1v) is 3.06. The Labute approximate surface area is 65.7 Å². The average molecular weight is 139 g/mol. The van der Waals surface area contributed by atoms with Crippen LogP contribution >= 0.6 is 0 Å². The molecule has 54 valence electrons. The normalized spacial score (nSPS) is 15.1. The minimum absolute atomic E-state index is 0.818. The molecule has 1 aromatic carbocycles. The SMILES string of the molecule is [2H]C([2H])([2H])NN(C)c1ccccc1. The Bertz CT molecular complexity index is 258. The predicted molar refractivity (Wildman–Crippen MR) is 43.9 cm³/mol. The molecule has 0 unspecified atom stereocenters. The molecule has 0 amide bonds. The summed E-state index contributed by atoms with van der Waals surface area (Å²) >= 11 is 0. The van der Waals surface area contributed by atoms with E-state index in [1.165, 1.54) is 5.01 Å². The summed E-state index contributed by atoms with van der Waals surface area (Å²) in [4.78, 5) is 0. The average Bonchev–Trinajstić information content (AvgIpc) is 2.03. The maximum Gasteiger partial charge on any atom is 0.0516 e. The van der Waals surface area contributed by atoms with Gasteiger partial charge in [0.1, 0.15) is 0 Å². The third-order valence-corrected chi connectivity index (χ3v) is 1.31. The fourth-order valence-corrected chi connectivity index (χ4v) is 0.716. The van der Waals surface area contributed by atoms with Gasteiger partial charge in [0.2, 0.25) is 0 Å². The molecule has 0 saturated carbocycles. The fourth-order valence-electron chi connectivity index (χ4n) is 0.716. The number of nitrogens with one attached hydrogen (secondary N) is 1. The molecule has 0 heterocycles. The number of hydrogen-bond acceptors (Lipinski definition) is 2. The third kappa shape index (κ3) is 1.48. The summed E-state index contributed by atoms with van der Waals surface area (Å²) < 4.78 is 21.0. The molecule has 0 atom stereocenters. The number of nitrogens with zero attached hydrogens (tertiary/aromatic N) is 1. The van der Waals surface area contributed by atoms with Crippen molar-refractivity contribution in [2.75, 3.05) is 19.0 Å². The lowest BCUT2D eigenvalue weighted by Crippen LogP contribution is -2.30. The second kappa shape index (κ2) is 3.22. The lowest BCUT2D eigenvalue weighted by molar-refractivity contribution is 0.791. The minimum atomic E-state index is -2.15. The third-order valence-electron chi connectivity index (χ3n) is 1.31. The molecule has 0 fully saturated rings. The molecule has 0 aliphatic heterocycles. The summed E-state index contributed by atoms with van der Waals surface area (Å²) in [6, 6.07) is 9.25. The van der Waals surface area contributed by atoms with Crippen LogP contribution in [0.2, 0.25) is 0 Å². The van der Waals surface area contributed by atoms with Crippen molar-refractivity contribution in [2.45, 2.75) is 0 Å². The molecule has 10 heavy (non-hydrogen) atoms. The van der Waals surface area contributed by atoms with Crippen LogP contribution in [0.3, 0.4) is 0 Å². The first-order valence-electron chi connectivity index (χ1n) is 4.56. The summed E-state index contributed by atoms with van der Waals surface area (Å²) in [5, 5.41) is 1.48. The lowest BCUT2D eigenvalue weighted by atomic mass is 10.3. The quantitative estimate of drug-likeness (QED) is 0.620. The maximum absolute atomic E-state index is 6.99. The van der Waals surface area contributed by atoms with Crippen molar-refractivity contribution >= 4 is 5.69 Å². The van der Waals surface area contributed by atoms with E-state index in [0.717, 1.165) is 5.69 Å². The second-order valence-corrected chi connectivity index (χ2v) is 2.01. The number of anilines is 1. The summed E-state index contributed by atoms with van der Waals surface area (Å²) in [6.45, 7) is -2.15. The zero-order valence-corrected chi connectivity index (χ0v) is 5.83. The molecule has 2 heteroatoms. The van der Waals surface area contributed by atoms with E-state index in [1.807, 2.05) is 30.3 Å². The van der Waals surface area contributed by atoms with Gasteiger partial charge in [0.25, 0.3) is 0 Å². The van der Waals surface area contributed by atoms with Crippen LogP contribution in [-0.4, -0.2) is 14.0 Å². The van der Waals surface area contributed by atoms with Crippen molar-refractivity contribution in [3.8, 4) is 0 Å². The molecule has 0 aliphatic rings. The number of para-hydroxylation sites is 1. The van der Waals surface area contributed by atoms with Gasteiger partial charge in [0.15, 0.2) is 0 Å².